The quantitative estimate of drug-likeness (QED) is 0.468. The molecule has 0 radical (unpaired) electrons. The molecule has 0 aromatic heterocycles. The molecule has 0 saturated carbocycles. The Hall–Kier alpha value is -3.55. The Labute approximate surface area is 162 Å². The molecule has 2 rings (SSSR count). The van der Waals surface area contributed by atoms with Crippen molar-refractivity contribution in [1.82, 2.24) is 5.32 Å². The van der Waals surface area contributed by atoms with E-state index in [0.717, 1.165) is 11.3 Å². The van der Waals surface area contributed by atoms with Crippen LogP contribution in [0.5, 0.6) is 11.5 Å². The number of nitrogens with one attached hydrogen (secondary N) is 1. The van der Waals surface area contributed by atoms with Gasteiger partial charge >= 0.3 is 5.97 Å². The van der Waals surface area contributed by atoms with Crippen molar-refractivity contribution in [3.63, 3.8) is 0 Å². The minimum Gasteiger partial charge on any atom is -0.492 e. The molecule has 0 unspecified atom stereocenters. The van der Waals surface area contributed by atoms with Gasteiger partial charge in [-0.25, -0.2) is 4.79 Å². The molecule has 2 amide bonds. The summed E-state index contributed by atoms with van der Waals surface area (Å²) in [6, 6.07) is 13.5. The minimum absolute atomic E-state index is 0.252. The van der Waals surface area contributed by atoms with Gasteiger partial charge in [-0.05, 0) is 48.9 Å². The first kappa shape index (κ1) is 20.8. The predicted octanol–water partition coefficient (Wildman–Crippen LogP) is 1.21. The lowest BCUT2D eigenvalue weighted by Crippen LogP contribution is -2.32. The van der Waals surface area contributed by atoms with Crippen molar-refractivity contribution in [2.45, 2.75) is 6.92 Å². The van der Waals surface area contributed by atoms with Gasteiger partial charge in [-0.2, -0.15) is 0 Å². The number of hydrogen-bond acceptors (Lipinski definition) is 6. The normalized spacial score (nSPS) is 10.0. The number of esters is 1. The third-order valence-electron chi connectivity index (χ3n) is 3.49. The van der Waals surface area contributed by atoms with Crippen molar-refractivity contribution in [3.8, 4) is 11.5 Å². The van der Waals surface area contributed by atoms with E-state index >= 15 is 0 Å². The zero-order valence-corrected chi connectivity index (χ0v) is 15.5. The fraction of sp³-hybridized carbons (Fsp3) is 0.250. The molecule has 8 heteroatoms. The first-order chi connectivity index (χ1) is 13.4. The number of carbonyl (C=O) groups excluding carboxylic acids is 3. The summed E-state index contributed by atoms with van der Waals surface area (Å²) in [7, 11) is 0. The van der Waals surface area contributed by atoms with Crippen LogP contribution in [0, 0.1) is 6.92 Å². The molecule has 0 aliphatic carbocycles. The van der Waals surface area contributed by atoms with Crippen molar-refractivity contribution in [2.24, 2.45) is 5.73 Å². The monoisotopic (exact) mass is 386 g/mol. The number of amides is 2. The van der Waals surface area contributed by atoms with Crippen LogP contribution in [-0.4, -0.2) is 44.1 Å². The summed E-state index contributed by atoms with van der Waals surface area (Å²) in [4.78, 5) is 34.3. The average Bonchev–Trinajstić information content (AvgIpc) is 2.68. The van der Waals surface area contributed by atoms with E-state index in [9.17, 15) is 14.4 Å². The van der Waals surface area contributed by atoms with Crippen LogP contribution in [0.4, 0.5) is 0 Å². The summed E-state index contributed by atoms with van der Waals surface area (Å²) in [5, 5.41) is 2.61. The van der Waals surface area contributed by atoms with Crippen LogP contribution >= 0.6 is 0 Å². The van der Waals surface area contributed by atoms with Crippen molar-refractivity contribution in [3.05, 3.63) is 59.7 Å². The van der Waals surface area contributed by atoms with Gasteiger partial charge in [0.1, 0.15) is 18.1 Å². The maximum absolute atomic E-state index is 11.9. The van der Waals surface area contributed by atoms with Crippen LogP contribution in [0.25, 0.3) is 0 Å². The molecule has 0 saturated heterocycles. The molecule has 148 valence electrons. The van der Waals surface area contributed by atoms with Crippen LogP contribution in [0.1, 0.15) is 15.9 Å². The second kappa shape index (κ2) is 10.6. The van der Waals surface area contributed by atoms with E-state index in [-0.39, 0.29) is 18.7 Å². The molecule has 28 heavy (non-hydrogen) atoms. The number of aryl methyl sites for hydroxylation is 1. The van der Waals surface area contributed by atoms with Gasteiger partial charge in [0.25, 0.3) is 11.8 Å². The summed E-state index contributed by atoms with van der Waals surface area (Å²) in [6.45, 7) is 1.90. The lowest BCUT2D eigenvalue weighted by atomic mass is 10.2. The Morgan fingerprint density at radius 2 is 1.71 bits per heavy atom. The molecule has 0 heterocycles. The van der Waals surface area contributed by atoms with Gasteiger partial charge in [0.05, 0.1) is 12.1 Å². The molecule has 0 aliphatic heterocycles. The van der Waals surface area contributed by atoms with Crippen molar-refractivity contribution in [1.29, 1.82) is 0 Å². The van der Waals surface area contributed by atoms with Gasteiger partial charge in [0.2, 0.25) is 0 Å². The van der Waals surface area contributed by atoms with E-state index in [4.69, 9.17) is 19.9 Å². The Morgan fingerprint density at radius 1 is 0.964 bits per heavy atom. The minimum atomic E-state index is -0.646. The summed E-state index contributed by atoms with van der Waals surface area (Å²) in [5.74, 6) is -0.556. The number of primary amides is 1. The van der Waals surface area contributed by atoms with Gasteiger partial charge in [0.15, 0.2) is 13.2 Å². The third kappa shape index (κ3) is 7.36. The standard InChI is InChI=1S/C20H22N2O6/c1-14-3-2-4-17(11-14)26-10-9-22-19(24)13-28-20(25)15-5-7-16(8-6-15)27-12-18(21)23/h2-8,11H,9-10,12-13H2,1H3,(H2,21,23)(H,22,24). The number of carbonyl (C=O) groups is 3. The lowest BCUT2D eigenvalue weighted by molar-refractivity contribution is -0.124. The molecule has 0 atom stereocenters. The second-order valence-corrected chi connectivity index (χ2v) is 5.87. The van der Waals surface area contributed by atoms with Gasteiger partial charge < -0.3 is 25.3 Å². The Morgan fingerprint density at radius 3 is 2.39 bits per heavy atom. The van der Waals surface area contributed by atoms with E-state index in [1.807, 2.05) is 31.2 Å². The SMILES string of the molecule is Cc1cccc(OCCNC(=O)COC(=O)c2ccc(OCC(N)=O)cc2)c1. The smallest absolute Gasteiger partial charge is 0.338 e. The van der Waals surface area contributed by atoms with Gasteiger partial charge in [-0.1, -0.05) is 12.1 Å². The summed E-state index contributed by atoms with van der Waals surface area (Å²) >= 11 is 0. The maximum Gasteiger partial charge on any atom is 0.338 e. The predicted molar refractivity (Wildman–Crippen MR) is 101 cm³/mol. The number of rotatable bonds is 10. The van der Waals surface area contributed by atoms with Gasteiger partial charge in [0, 0.05) is 0 Å². The fourth-order valence-electron chi connectivity index (χ4n) is 2.17. The molecule has 0 aliphatic rings. The van der Waals surface area contributed by atoms with E-state index in [0.29, 0.717) is 12.4 Å². The fourth-order valence-corrected chi connectivity index (χ4v) is 2.17. The van der Waals surface area contributed by atoms with Gasteiger partial charge in [-0.15, -0.1) is 0 Å². The van der Waals surface area contributed by atoms with Crippen LogP contribution in [0.3, 0.4) is 0 Å². The van der Waals surface area contributed by atoms with Gasteiger partial charge in [-0.3, -0.25) is 9.59 Å². The maximum atomic E-state index is 11.9. The van der Waals surface area contributed by atoms with Crippen LogP contribution < -0.4 is 20.5 Å². The highest BCUT2D eigenvalue weighted by Gasteiger charge is 2.10. The second-order valence-electron chi connectivity index (χ2n) is 5.87. The van der Waals surface area contributed by atoms with Crippen molar-refractivity contribution >= 4 is 17.8 Å². The highest BCUT2D eigenvalue weighted by atomic mass is 16.5. The van der Waals surface area contributed by atoms with E-state index in [2.05, 4.69) is 5.32 Å². The summed E-state index contributed by atoms with van der Waals surface area (Å²) < 4.78 is 15.6. The van der Waals surface area contributed by atoms with Crippen molar-refractivity contribution in [2.75, 3.05) is 26.4 Å². The first-order valence-corrected chi connectivity index (χ1v) is 8.58. The molecular formula is C20H22N2O6. The first-order valence-electron chi connectivity index (χ1n) is 8.58. The highest BCUT2D eigenvalue weighted by Crippen LogP contribution is 2.13. The van der Waals surface area contributed by atoms with Crippen LogP contribution in [0.2, 0.25) is 0 Å². The van der Waals surface area contributed by atoms with E-state index < -0.39 is 24.4 Å². The van der Waals surface area contributed by atoms with Crippen LogP contribution in [0.15, 0.2) is 48.5 Å². The van der Waals surface area contributed by atoms with E-state index in [1.165, 1.54) is 24.3 Å². The molecular weight excluding hydrogens is 364 g/mol. The third-order valence-corrected chi connectivity index (χ3v) is 3.49. The number of hydrogen-bond donors (Lipinski definition) is 2. The summed E-state index contributed by atoms with van der Waals surface area (Å²) in [6.07, 6.45) is 0. The topological polar surface area (TPSA) is 117 Å². The molecule has 0 fully saturated rings. The largest absolute Gasteiger partial charge is 0.492 e. The lowest BCUT2D eigenvalue weighted by Gasteiger charge is -2.09. The molecule has 3 N–H and O–H groups in total. The molecule has 8 nitrogen and oxygen atoms in total. The number of nitrogens with two attached hydrogens (primary N) is 1. The zero-order valence-electron chi connectivity index (χ0n) is 15.5. The molecule has 2 aromatic rings. The number of benzene rings is 2. The Bertz CT molecular complexity index is 820. The number of ether oxygens (including phenoxy) is 3. The molecule has 2 aromatic carbocycles. The molecule has 0 spiro atoms. The highest BCUT2D eigenvalue weighted by molar-refractivity contribution is 5.91. The Balaban J connectivity index is 1.66. The average molecular weight is 386 g/mol. The molecule has 0 bridgehead atoms. The summed E-state index contributed by atoms with van der Waals surface area (Å²) in [5.41, 5.74) is 6.32. The van der Waals surface area contributed by atoms with Crippen LogP contribution in [-0.2, 0) is 14.3 Å². The zero-order chi connectivity index (χ0) is 20.4. The van der Waals surface area contributed by atoms with E-state index in [1.54, 1.807) is 0 Å². The van der Waals surface area contributed by atoms with Crippen molar-refractivity contribution < 1.29 is 28.6 Å². The Kier molecular flexibility index (Phi) is 7.83.